The number of nitrogens with zero attached hydrogens (tertiary/aromatic N) is 3. The number of β-amino-alcohol motifs (C(OH)–C–C–N with tert-alkyl or cyclic N) is 1. The van der Waals surface area contributed by atoms with Crippen LogP contribution in [0.3, 0.4) is 0 Å². The van der Waals surface area contributed by atoms with E-state index in [0.717, 1.165) is 13.1 Å². The van der Waals surface area contributed by atoms with Crippen LogP contribution in [0.5, 0.6) is 5.75 Å². The summed E-state index contributed by atoms with van der Waals surface area (Å²) in [6.45, 7) is 3.42. The minimum atomic E-state index is -0.316. The number of anilines is 1. The number of ether oxygens (including phenoxy) is 1. The number of benzene rings is 2. The zero-order valence-electron chi connectivity index (χ0n) is 17.0. The molecular formula is C23H25N3O4. The van der Waals surface area contributed by atoms with Crippen LogP contribution in [0.15, 0.2) is 60.3 Å². The highest BCUT2D eigenvalue weighted by atomic mass is 16.5. The van der Waals surface area contributed by atoms with Gasteiger partial charge in [0.05, 0.1) is 25.0 Å². The van der Waals surface area contributed by atoms with Gasteiger partial charge in [-0.25, -0.2) is 4.90 Å². The van der Waals surface area contributed by atoms with E-state index in [1.54, 1.807) is 31.4 Å². The van der Waals surface area contributed by atoms with Crippen molar-refractivity contribution in [1.82, 2.24) is 9.80 Å². The van der Waals surface area contributed by atoms with Crippen molar-refractivity contribution < 1.29 is 19.4 Å². The fraction of sp³-hybridized carbons (Fsp3) is 0.304. The first kappa shape index (κ1) is 20.1. The maximum absolute atomic E-state index is 13.5. The molecule has 0 unspecified atom stereocenters. The van der Waals surface area contributed by atoms with Gasteiger partial charge >= 0.3 is 0 Å². The number of amides is 2. The number of methoxy groups -OCH3 is 1. The van der Waals surface area contributed by atoms with Crippen LogP contribution < -0.4 is 9.64 Å². The van der Waals surface area contributed by atoms with Gasteiger partial charge in [-0.1, -0.05) is 30.3 Å². The minimum Gasteiger partial charge on any atom is -0.497 e. The second-order valence-corrected chi connectivity index (χ2v) is 7.29. The molecule has 0 radical (unpaired) electrons. The van der Waals surface area contributed by atoms with Crippen molar-refractivity contribution in [3.05, 3.63) is 65.9 Å². The third kappa shape index (κ3) is 3.69. The number of hydrogen-bond acceptors (Lipinski definition) is 6. The van der Waals surface area contributed by atoms with Gasteiger partial charge in [-0.3, -0.25) is 14.5 Å². The van der Waals surface area contributed by atoms with Crippen molar-refractivity contribution in [1.29, 1.82) is 0 Å². The number of carbonyl (C=O) groups is 2. The highest BCUT2D eigenvalue weighted by Crippen LogP contribution is 2.35. The van der Waals surface area contributed by atoms with Gasteiger partial charge in [0.15, 0.2) is 0 Å². The average Bonchev–Trinajstić information content (AvgIpc) is 3.05. The number of rotatable bonds is 6. The molecule has 2 amide bonds. The molecule has 1 N–H and O–H groups in total. The van der Waals surface area contributed by atoms with E-state index in [9.17, 15) is 14.7 Å². The standard InChI is InChI=1S/C23H25N3O4/c1-30-19-9-7-17(8-10-19)20-21(25-13-11-24(12-14-25)15-16-27)23(29)26(22(20)28)18-5-3-2-4-6-18/h2-10,27H,11-16H2,1H3. The summed E-state index contributed by atoms with van der Waals surface area (Å²) in [5, 5.41) is 9.19. The summed E-state index contributed by atoms with van der Waals surface area (Å²) in [6, 6.07) is 16.2. The fourth-order valence-electron chi connectivity index (χ4n) is 3.98. The number of aliphatic hydroxyl groups excluding tert-OH is 1. The van der Waals surface area contributed by atoms with Crippen molar-refractivity contribution in [2.45, 2.75) is 0 Å². The van der Waals surface area contributed by atoms with Crippen molar-refractivity contribution in [2.75, 3.05) is 51.3 Å². The molecule has 1 saturated heterocycles. The third-order valence-corrected chi connectivity index (χ3v) is 5.56. The largest absolute Gasteiger partial charge is 0.497 e. The van der Waals surface area contributed by atoms with E-state index in [-0.39, 0.29) is 18.4 Å². The third-order valence-electron chi connectivity index (χ3n) is 5.56. The molecule has 1 fully saturated rings. The topological polar surface area (TPSA) is 73.3 Å². The van der Waals surface area contributed by atoms with Crippen LogP contribution in [-0.2, 0) is 9.59 Å². The quantitative estimate of drug-likeness (QED) is 0.734. The van der Waals surface area contributed by atoms with Crippen LogP contribution in [-0.4, -0.2) is 73.2 Å². The molecule has 0 bridgehead atoms. The molecule has 156 valence electrons. The normalized spacial score (nSPS) is 17.8. The van der Waals surface area contributed by atoms with Crippen molar-refractivity contribution >= 4 is 23.1 Å². The fourth-order valence-corrected chi connectivity index (χ4v) is 3.98. The number of aliphatic hydroxyl groups is 1. The zero-order chi connectivity index (χ0) is 21.1. The Hall–Kier alpha value is -3.16. The maximum Gasteiger partial charge on any atom is 0.282 e. The van der Waals surface area contributed by atoms with Crippen molar-refractivity contribution in [3.63, 3.8) is 0 Å². The predicted molar refractivity (Wildman–Crippen MR) is 114 cm³/mol. The van der Waals surface area contributed by atoms with E-state index in [0.29, 0.717) is 47.9 Å². The zero-order valence-corrected chi connectivity index (χ0v) is 17.0. The monoisotopic (exact) mass is 407 g/mol. The van der Waals surface area contributed by atoms with Crippen molar-refractivity contribution in [3.8, 4) is 5.75 Å². The molecule has 30 heavy (non-hydrogen) atoms. The molecule has 7 nitrogen and oxygen atoms in total. The summed E-state index contributed by atoms with van der Waals surface area (Å²) in [5.41, 5.74) is 2.12. The van der Waals surface area contributed by atoms with Gasteiger partial charge in [0.1, 0.15) is 11.4 Å². The molecule has 0 aliphatic carbocycles. The van der Waals surface area contributed by atoms with E-state index in [2.05, 4.69) is 4.90 Å². The van der Waals surface area contributed by atoms with E-state index >= 15 is 0 Å². The lowest BCUT2D eigenvalue weighted by Gasteiger charge is -2.36. The first-order chi connectivity index (χ1) is 14.6. The number of para-hydroxylation sites is 1. The van der Waals surface area contributed by atoms with Gasteiger partial charge in [-0.15, -0.1) is 0 Å². The highest BCUT2D eigenvalue weighted by molar-refractivity contribution is 6.45. The lowest BCUT2D eigenvalue weighted by Crippen LogP contribution is -2.48. The van der Waals surface area contributed by atoms with Crippen LogP contribution in [0.2, 0.25) is 0 Å². The Morgan fingerprint density at radius 2 is 1.57 bits per heavy atom. The Morgan fingerprint density at radius 1 is 0.900 bits per heavy atom. The molecule has 2 aromatic carbocycles. The second kappa shape index (κ2) is 8.69. The molecule has 2 aromatic rings. The average molecular weight is 407 g/mol. The summed E-state index contributed by atoms with van der Waals surface area (Å²) in [4.78, 5) is 32.3. The molecule has 7 heteroatoms. The summed E-state index contributed by atoms with van der Waals surface area (Å²) < 4.78 is 5.23. The molecule has 4 rings (SSSR count). The van der Waals surface area contributed by atoms with Crippen LogP contribution in [0.25, 0.3) is 5.57 Å². The van der Waals surface area contributed by atoms with Gasteiger partial charge in [-0.05, 0) is 29.8 Å². The minimum absolute atomic E-state index is 0.110. The van der Waals surface area contributed by atoms with Gasteiger partial charge in [0, 0.05) is 32.7 Å². The molecule has 2 aliphatic heterocycles. The lowest BCUT2D eigenvalue weighted by molar-refractivity contribution is -0.120. The lowest BCUT2D eigenvalue weighted by atomic mass is 10.0. The van der Waals surface area contributed by atoms with Crippen LogP contribution in [0, 0.1) is 0 Å². The summed E-state index contributed by atoms with van der Waals surface area (Å²) >= 11 is 0. The predicted octanol–water partition coefficient (Wildman–Crippen LogP) is 1.59. The Balaban J connectivity index is 1.73. The van der Waals surface area contributed by atoms with E-state index in [4.69, 9.17) is 4.74 Å². The molecule has 0 spiro atoms. The number of imide groups is 1. The van der Waals surface area contributed by atoms with Gasteiger partial charge in [-0.2, -0.15) is 0 Å². The Kier molecular flexibility index (Phi) is 5.83. The van der Waals surface area contributed by atoms with Crippen LogP contribution in [0.1, 0.15) is 5.56 Å². The second-order valence-electron chi connectivity index (χ2n) is 7.29. The molecule has 0 aromatic heterocycles. The Morgan fingerprint density at radius 3 is 2.17 bits per heavy atom. The van der Waals surface area contributed by atoms with Crippen LogP contribution >= 0.6 is 0 Å². The van der Waals surface area contributed by atoms with Gasteiger partial charge in [0.2, 0.25) is 0 Å². The smallest absolute Gasteiger partial charge is 0.282 e. The summed E-state index contributed by atoms with van der Waals surface area (Å²) in [7, 11) is 1.59. The number of hydrogen-bond donors (Lipinski definition) is 1. The molecular weight excluding hydrogens is 382 g/mol. The summed E-state index contributed by atoms with van der Waals surface area (Å²) in [6.07, 6.45) is 0. The highest BCUT2D eigenvalue weighted by Gasteiger charge is 2.42. The molecule has 0 atom stereocenters. The van der Waals surface area contributed by atoms with Gasteiger partial charge < -0.3 is 14.7 Å². The Bertz CT molecular complexity index is 948. The van der Waals surface area contributed by atoms with Crippen LogP contribution in [0.4, 0.5) is 5.69 Å². The van der Waals surface area contributed by atoms with Gasteiger partial charge in [0.25, 0.3) is 11.8 Å². The summed E-state index contributed by atoms with van der Waals surface area (Å²) in [5.74, 6) is 0.0759. The number of piperazine rings is 1. The SMILES string of the molecule is COc1ccc(C2=C(N3CCN(CCO)CC3)C(=O)N(c3ccccc3)C2=O)cc1. The first-order valence-corrected chi connectivity index (χ1v) is 10.0. The molecule has 0 saturated carbocycles. The Labute approximate surface area is 175 Å². The van der Waals surface area contributed by atoms with E-state index < -0.39 is 0 Å². The molecule has 2 aliphatic rings. The number of carbonyl (C=O) groups excluding carboxylic acids is 2. The maximum atomic E-state index is 13.5. The van der Waals surface area contributed by atoms with E-state index in [1.807, 2.05) is 35.2 Å². The molecule has 2 heterocycles. The van der Waals surface area contributed by atoms with Crippen molar-refractivity contribution in [2.24, 2.45) is 0 Å². The van der Waals surface area contributed by atoms with E-state index in [1.165, 1.54) is 4.90 Å². The first-order valence-electron chi connectivity index (χ1n) is 10.0.